The van der Waals surface area contributed by atoms with Crippen molar-refractivity contribution in [1.82, 2.24) is 34.8 Å². The smallest absolute Gasteiger partial charge is 0.276 e. The summed E-state index contributed by atoms with van der Waals surface area (Å²) in [5, 5.41) is 15.6. The number of anilines is 1. The van der Waals surface area contributed by atoms with Crippen LogP contribution in [-0.4, -0.2) is 40.7 Å². The number of rotatable bonds is 3. The lowest BCUT2D eigenvalue weighted by Crippen LogP contribution is -2.15. The maximum atomic E-state index is 12.3. The number of amides is 1. The zero-order valence-corrected chi connectivity index (χ0v) is 11.8. The molecule has 2 N–H and O–H groups in total. The molecule has 4 heterocycles. The maximum absolute atomic E-state index is 12.3. The molecule has 1 amide bonds. The van der Waals surface area contributed by atoms with E-state index in [1.165, 1.54) is 17.7 Å². The average molecular weight is 312 g/mol. The zero-order valence-electron chi connectivity index (χ0n) is 11.0. The highest BCUT2D eigenvalue weighted by Crippen LogP contribution is 2.20. The first kappa shape index (κ1) is 12.6. The number of hydrogen-bond donors (Lipinski definition) is 2. The van der Waals surface area contributed by atoms with Gasteiger partial charge < -0.3 is 5.32 Å². The molecule has 4 aromatic rings. The third-order valence-electron chi connectivity index (χ3n) is 2.89. The van der Waals surface area contributed by atoms with Gasteiger partial charge in [0.2, 0.25) is 0 Å². The van der Waals surface area contributed by atoms with Gasteiger partial charge in [-0.3, -0.25) is 9.89 Å². The second-order valence-electron chi connectivity index (χ2n) is 4.26. The van der Waals surface area contributed by atoms with Crippen molar-refractivity contribution < 1.29 is 4.79 Å². The number of nitrogens with one attached hydrogen (secondary N) is 2. The Morgan fingerprint density at radius 1 is 1.27 bits per heavy atom. The number of H-pyrrole nitrogens is 1. The molecule has 0 spiro atoms. The summed E-state index contributed by atoms with van der Waals surface area (Å²) in [6, 6.07) is 3.42. The van der Waals surface area contributed by atoms with E-state index in [1.807, 2.05) is 0 Å². The predicted molar refractivity (Wildman–Crippen MR) is 78.4 cm³/mol. The van der Waals surface area contributed by atoms with Gasteiger partial charge in [0, 0.05) is 17.6 Å². The molecule has 0 saturated carbocycles. The van der Waals surface area contributed by atoms with Crippen molar-refractivity contribution >= 4 is 28.7 Å². The van der Waals surface area contributed by atoms with Gasteiger partial charge in [0.1, 0.15) is 17.8 Å². The number of aromatic amines is 1. The van der Waals surface area contributed by atoms with Gasteiger partial charge in [-0.2, -0.15) is 14.7 Å². The van der Waals surface area contributed by atoms with E-state index in [1.54, 1.807) is 34.4 Å². The number of nitrogens with zero attached hydrogens (tertiary/aromatic N) is 6. The average Bonchev–Trinajstić information content (AvgIpc) is 3.27. The van der Waals surface area contributed by atoms with Crippen molar-refractivity contribution in [3.63, 3.8) is 0 Å². The van der Waals surface area contributed by atoms with Gasteiger partial charge in [0.05, 0.1) is 6.20 Å². The van der Waals surface area contributed by atoms with E-state index < -0.39 is 0 Å². The Kier molecular flexibility index (Phi) is 2.86. The summed E-state index contributed by atoms with van der Waals surface area (Å²) in [4.78, 5) is 24.7. The standard InChI is InChI=1S/C12H8N8OS/c21-11(7-5-22-12(17-7)10-14-6-15-19-10)18-9-1-3-13-8-2-4-16-20(8)9/h1-6H,(H,18,21)(H,14,15,19). The second kappa shape index (κ2) is 5.00. The summed E-state index contributed by atoms with van der Waals surface area (Å²) >= 11 is 1.31. The summed E-state index contributed by atoms with van der Waals surface area (Å²) in [6.07, 6.45) is 4.61. The summed E-state index contributed by atoms with van der Waals surface area (Å²) in [5.74, 6) is 0.724. The van der Waals surface area contributed by atoms with Crippen molar-refractivity contribution in [1.29, 1.82) is 0 Å². The van der Waals surface area contributed by atoms with Crippen molar-refractivity contribution in [3.8, 4) is 10.8 Å². The molecule has 0 aromatic carbocycles. The molecule has 108 valence electrons. The van der Waals surface area contributed by atoms with Crippen molar-refractivity contribution in [2.75, 3.05) is 5.32 Å². The van der Waals surface area contributed by atoms with Gasteiger partial charge in [0.25, 0.3) is 5.91 Å². The Bertz CT molecular complexity index is 941. The molecule has 0 saturated heterocycles. The predicted octanol–water partition coefficient (Wildman–Crippen LogP) is 1.22. The number of thiazole rings is 1. The molecule has 0 aliphatic carbocycles. The molecule has 10 heteroatoms. The first-order chi connectivity index (χ1) is 10.8. The van der Waals surface area contributed by atoms with E-state index in [4.69, 9.17) is 0 Å². The zero-order chi connectivity index (χ0) is 14.9. The van der Waals surface area contributed by atoms with E-state index in [0.717, 1.165) is 0 Å². The fourth-order valence-electron chi connectivity index (χ4n) is 1.90. The van der Waals surface area contributed by atoms with Gasteiger partial charge in [0.15, 0.2) is 16.5 Å². The highest BCUT2D eigenvalue weighted by Gasteiger charge is 2.14. The molecule has 9 nitrogen and oxygen atoms in total. The molecular weight excluding hydrogens is 304 g/mol. The van der Waals surface area contributed by atoms with Crippen LogP contribution in [0.5, 0.6) is 0 Å². The maximum Gasteiger partial charge on any atom is 0.276 e. The first-order valence-electron chi connectivity index (χ1n) is 6.22. The van der Waals surface area contributed by atoms with Crippen LogP contribution in [0.25, 0.3) is 16.5 Å². The molecule has 4 aromatic heterocycles. The third kappa shape index (κ3) is 2.11. The minimum absolute atomic E-state index is 0.300. The lowest BCUT2D eigenvalue weighted by Gasteiger charge is -2.04. The summed E-state index contributed by atoms with van der Waals surface area (Å²) in [5.41, 5.74) is 0.951. The van der Waals surface area contributed by atoms with Gasteiger partial charge in [-0.1, -0.05) is 0 Å². The van der Waals surface area contributed by atoms with Crippen molar-refractivity contribution in [2.24, 2.45) is 0 Å². The van der Waals surface area contributed by atoms with Gasteiger partial charge in [-0.15, -0.1) is 11.3 Å². The normalized spacial score (nSPS) is 10.9. The topological polar surface area (TPSA) is 114 Å². The SMILES string of the molecule is O=C(Nc1ccnc2ccnn12)c1csc(-c2ncn[nH]2)n1. The second-order valence-corrected chi connectivity index (χ2v) is 5.12. The molecule has 0 fully saturated rings. The van der Waals surface area contributed by atoms with Crippen LogP contribution in [-0.2, 0) is 0 Å². The highest BCUT2D eigenvalue weighted by atomic mass is 32.1. The molecule has 4 rings (SSSR count). The quantitative estimate of drug-likeness (QED) is 0.588. The molecule has 0 bridgehead atoms. The van der Waals surface area contributed by atoms with Gasteiger partial charge >= 0.3 is 0 Å². The van der Waals surface area contributed by atoms with Gasteiger partial charge in [-0.05, 0) is 6.07 Å². The Hall–Kier alpha value is -3.14. The fraction of sp³-hybridized carbons (Fsp3) is 0. The summed E-state index contributed by atoms with van der Waals surface area (Å²) < 4.78 is 1.54. The number of fused-ring (bicyclic) bond motifs is 1. The van der Waals surface area contributed by atoms with Crippen LogP contribution >= 0.6 is 11.3 Å². The van der Waals surface area contributed by atoms with E-state index in [2.05, 4.69) is 35.6 Å². The molecule has 0 unspecified atom stereocenters. The van der Waals surface area contributed by atoms with Crippen LogP contribution in [0.3, 0.4) is 0 Å². The van der Waals surface area contributed by atoms with Crippen LogP contribution in [0.4, 0.5) is 5.82 Å². The number of carbonyl (C=O) groups is 1. The highest BCUT2D eigenvalue weighted by molar-refractivity contribution is 7.13. The molecule has 0 aliphatic heterocycles. The number of carbonyl (C=O) groups excluding carboxylic acids is 1. The summed E-state index contributed by atoms with van der Waals surface area (Å²) in [6.45, 7) is 0. The van der Waals surface area contributed by atoms with Crippen LogP contribution in [0, 0.1) is 0 Å². The lowest BCUT2D eigenvalue weighted by atomic mass is 10.4. The number of hydrogen-bond acceptors (Lipinski definition) is 7. The molecule has 0 aliphatic rings. The van der Waals surface area contributed by atoms with Crippen molar-refractivity contribution in [2.45, 2.75) is 0 Å². The number of aromatic nitrogens is 7. The largest absolute Gasteiger partial charge is 0.305 e. The van der Waals surface area contributed by atoms with Gasteiger partial charge in [-0.25, -0.2) is 15.0 Å². The lowest BCUT2D eigenvalue weighted by molar-refractivity contribution is 0.102. The first-order valence-corrected chi connectivity index (χ1v) is 7.10. The van der Waals surface area contributed by atoms with E-state index >= 15 is 0 Å². The summed E-state index contributed by atoms with van der Waals surface area (Å²) in [7, 11) is 0. The minimum atomic E-state index is -0.329. The van der Waals surface area contributed by atoms with Crippen molar-refractivity contribution in [3.05, 3.63) is 41.9 Å². The Balaban J connectivity index is 1.61. The van der Waals surface area contributed by atoms with E-state index in [9.17, 15) is 4.79 Å². The fourth-order valence-corrected chi connectivity index (χ4v) is 2.65. The van der Waals surface area contributed by atoms with Crippen LogP contribution in [0.15, 0.2) is 36.2 Å². The van der Waals surface area contributed by atoms with E-state index in [-0.39, 0.29) is 5.91 Å². The monoisotopic (exact) mass is 312 g/mol. The third-order valence-corrected chi connectivity index (χ3v) is 3.74. The Morgan fingerprint density at radius 2 is 2.23 bits per heavy atom. The van der Waals surface area contributed by atoms with Crippen LogP contribution in [0.1, 0.15) is 10.5 Å². The molecule has 0 atom stereocenters. The Morgan fingerprint density at radius 3 is 3.09 bits per heavy atom. The van der Waals surface area contributed by atoms with Crippen LogP contribution in [0.2, 0.25) is 0 Å². The Labute approximate surface area is 127 Å². The minimum Gasteiger partial charge on any atom is -0.305 e. The molecular formula is C12H8N8OS. The molecule has 22 heavy (non-hydrogen) atoms. The van der Waals surface area contributed by atoms with Crippen LogP contribution < -0.4 is 5.32 Å². The van der Waals surface area contributed by atoms with E-state index in [0.29, 0.717) is 28.0 Å². The molecule has 0 radical (unpaired) electrons.